The van der Waals surface area contributed by atoms with E-state index in [-0.39, 0.29) is 36.5 Å². The first-order valence-corrected chi connectivity index (χ1v) is 12.1. The topological polar surface area (TPSA) is 84.0 Å². The fourth-order valence-electron chi connectivity index (χ4n) is 4.32. The van der Waals surface area contributed by atoms with E-state index < -0.39 is 11.9 Å². The maximum atomic E-state index is 13.3. The molecular weight excluding hydrogens is 490 g/mol. The average Bonchev–Trinajstić information content (AvgIpc) is 3.49. The normalized spacial score (nSPS) is 20.1. The Kier molecular flexibility index (Phi) is 7.78. The Bertz CT molecular complexity index is 972. The predicted octanol–water partition coefficient (Wildman–Crippen LogP) is 4.80. The Morgan fingerprint density at radius 3 is 1.97 bits per heavy atom. The standard InChI is InChI=1S/C25H28BrNO6/c1-15-21(24(28)32-13-19-8-4-10-30-19)23(17-6-3-7-18(26)12-17)22(16(2)27-15)25(29)33-14-20-9-5-11-31-20/h3,6-7,12,19-20H,4-5,8-11,13-14H2,1-2H3. The molecule has 33 heavy (non-hydrogen) atoms. The largest absolute Gasteiger partial charge is 0.459 e. The van der Waals surface area contributed by atoms with Gasteiger partial charge in [-0.2, -0.15) is 0 Å². The number of nitrogens with zero attached hydrogens (tertiary/aromatic N) is 1. The van der Waals surface area contributed by atoms with Crippen LogP contribution >= 0.6 is 15.9 Å². The van der Waals surface area contributed by atoms with Gasteiger partial charge in [0.25, 0.3) is 0 Å². The van der Waals surface area contributed by atoms with Gasteiger partial charge in [-0.05, 0) is 57.2 Å². The van der Waals surface area contributed by atoms with Gasteiger partial charge in [0.1, 0.15) is 13.2 Å². The molecule has 2 unspecified atom stereocenters. The highest BCUT2D eigenvalue weighted by molar-refractivity contribution is 9.10. The molecule has 2 aliphatic heterocycles. The van der Waals surface area contributed by atoms with Crippen LogP contribution in [0.1, 0.15) is 57.8 Å². The van der Waals surface area contributed by atoms with Crippen LogP contribution in [0.3, 0.4) is 0 Å². The molecule has 0 amide bonds. The van der Waals surface area contributed by atoms with Gasteiger partial charge in [-0.1, -0.05) is 28.1 Å². The van der Waals surface area contributed by atoms with Crippen LogP contribution in [0.4, 0.5) is 0 Å². The van der Waals surface area contributed by atoms with Crippen LogP contribution in [0, 0.1) is 13.8 Å². The van der Waals surface area contributed by atoms with Crippen molar-refractivity contribution in [3.05, 3.63) is 51.3 Å². The third-order valence-corrected chi connectivity index (χ3v) is 6.42. The molecule has 1 aromatic heterocycles. The van der Waals surface area contributed by atoms with Crippen molar-refractivity contribution in [2.75, 3.05) is 26.4 Å². The smallest absolute Gasteiger partial charge is 0.340 e. The van der Waals surface area contributed by atoms with Crippen molar-refractivity contribution in [1.82, 2.24) is 4.98 Å². The summed E-state index contributed by atoms with van der Waals surface area (Å²) >= 11 is 3.49. The van der Waals surface area contributed by atoms with Gasteiger partial charge in [-0.3, -0.25) is 4.98 Å². The number of hydrogen-bond donors (Lipinski definition) is 0. The Morgan fingerprint density at radius 2 is 1.52 bits per heavy atom. The summed E-state index contributed by atoms with van der Waals surface area (Å²) < 4.78 is 23.2. The lowest BCUT2D eigenvalue weighted by molar-refractivity contribution is 0.0156. The first kappa shape index (κ1) is 23.9. The molecule has 2 aliphatic rings. The fourth-order valence-corrected chi connectivity index (χ4v) is 4.71. The molecular formula is C25H28BrNO6. The van der Waals surface area contributed by atoms with Crippen LogP contribution in [0.15, 0.2) is 28.7 Å². The predicted molar refractivity (Wildman–Crippen MR) is 125 cm³/mol. The monoisotopic (exact) mass is 517 g/mol. The van der Waals surface area contributed by atoms with Gasteiger partial charge in [0, 0.05) is 23.2 Å². The highest BCUT2D eigenvalue weighted by Crippen LogP contribution is 2.34. The number of benzene rings is 1. The molecule has 0 N–H and O–H groups in total. The Labute approximate surface area is 201 Å². The number of halogens is 1. The molecule has 0 bridgehead atoms. The fraction of sp³-hybridized carbons (Fsp3) is 0.480. The number of aryl methyl sites for hydroxylation is 2. The number of carbonyl (C=O) groups is 2. The van der Waals surface area contributed by atoms with Gasteiger partial charge < -0.3 is 18.9 Å². The highest BCUT2D eigenvalue weighted by atomic mass is 79.9. The Balaban J connectivity index is 1.71. The lowest BCUT2D eigenvalue weighted by Crippen LogP contribution is -2.23. The summed E-state index contributed by atoms with van der Waals surface area (Å²) in [4.78, 5) is 31.0. The number of esters is 2. The first-order chi connectivity index (χ1) is 15.9. The van der Waals surface area contributed by atoms with E-state index in [0.29, 0.717) is 35.7 Å². The van der Waals surface area contributed by atoms with Crippen molar-refractivity contribution in [1.29, 1.82) is 0 Å². The average molecular weight is 518 g/mol. The molecule has 1 aromatic carbocycles. The molecule has 8 heteroatoms. The van der Waals surface area contributed by atoms with Crippen molar-refractivity contribution >= 4 is 27.9 Å². The van der Waals surface area contributed by atoms with Gasteiger partial charge in [0.05, 0.1) is 34.7 Å². The zero-order valence-electron chi connectivity index (χ0n) is 18.9. The molecule has 3 heterocycles. The highest BCUT2D eigenvalue weighted by Gasteiger charge is 2.29. The van der Waals surface area contributed by atoms with E-state index in [4.69, 9.17) is 18.9 Å². The van der Waals surface area contributed by atoms with E-state index >= 15 is 0 Å². The second-order valence-electron chi connectivity index (χ2n) is 8.38. The summed E-state index contributed by atoms with van der Waals surface area (Å²) in [5.74, 6) is -1.06. The van der Waals surface area contributed by atoms with Crippen LogP contribution in [-0.4, -0.2) is 55.6 Å². The van der Waals surface area contributed by atoms with Crippen molar-refractivity contribution < 1.29 is 28.5 Å². The van der Waals surface area contributed by atoms with E-state index in [2.05, 4.69) is 20.9 Å². The van der Waals surface area contributed by atoms with Gasteiger partial charge in [0.2, 0.25) is 0 Å². The summed E-state index contributed by atoms with van der Waals surface area (Å²) in [7, 11) is 0. The molecule has 2 atom stereocenters. The molecule has 2 fully saturated rings. The van der Waals surface area contributed by atoms with Crippen LogP contribution in [0.5, 0.6) is 0 Å². The minimum atomic E-state index is -0.529. The van der Waals surface area contributed by atoms with E-state index in [9.17, 15) is 9.59 Å². The number of pyridine rings is 1. The lowest BCUT2D eigenvalue weighted by Gasteiger charge is -2.19. The second-order valence-corrected chi connectivity index (χ2v) is 9.30. The van der Waals surface area contributed by atoms with Crippen molar-refractivity contribution in [3.8, 4) is 11.1 Å². The van der Waals surface area contributed by atoms with Crippen LogP contribution in [0.25, 0.3) is 11.1 Å². The van der Waals surface area contributed by atoms with Gasteiger partial charge in [0.15, 0.2) is 0 Å². The summed E-state index contributed by atoms with van der Waals surface area (Å²) in [5.41, 5.74) is 2.69. The molecule has 0 spiro atoms. The number of hydrogen-bond acceptors (Lipinski definition) is 7. The zero-order valence-corrected chi connectivity index (χ0v) is 20.5. The molecule has 0 saturated carbocycles. The SMILES string of the molecule is Cc1nc(C)c(C(=O)OCC2CCCO2)c(-c2cccc(Br)c2)c1C(=O)OCC1CCCO1. The molecule has 2 aromatic rings. The van der Waals surface area contributed by atoms with Crippen molar-refractivity contribution in [2.24, 2.45) is 0 Å². The molecule has 176 valence electrons. The minimum Gasteiger partial charge on any atom is -0.459 e. The maximum Gasteiger partial charge on any atom is 0.340 e. The second kappa shape index (κ2) is 10.8. The third kappa shape index (κ3) is 5.62. The zero-order chi connectivity index (χ0) is 23.4. The number of aromatic nitrogens is 1. The summed E-state index contributed by atoms with van der Waals surface area (Å²) in [6.07, 6.45) is 3.43. The molecule has 2 saturated heterocycles. The molecule has 7 nitrogen and oxygen atoms in total. The van der Waals surface area contributed by atoms with E-state index in [1.807, 2.05) is 24.3 Å². The molecule has 0 radical (unpaired) electrons. The van der Waals surface area contributed by atoms with Gasteiger partial charge >= 0.3 is 11.9 Å². The quantitative estimate of drug-likeness (QED) is 0.487. The molecule has 0 aliphatic carbocycles. The minimum absolute atomic E-state index is 0.0992. The van der Waals surface area contributed by atoms with Gasteiger partial charge in [-0.15, -0.1) is 0 Å². The third-order valence-electron chi connectivity index (χ3n) is 5.93. The lowest BCUT2D eigenvalue weighted by atomic mass is 9.92. The van der Waals surface area contributed by atoms with E-state index in [1.54, 1.807) is 13.8 Å². The summed E-state index contributed by atoms with van der Waals surface area (Å²) in [6.45, 7) is 5.19. The number of rotatable bonds is 7. The van der Waals surface area contributed by atoms with Crippen LogP contribution < -0.4 is 0 Å². The summed E-state index contributed by atoms with van der Waals surface area (Å²) in [5, 5.41) is 0. The molecule has 4 rings (SSSR count). The number of ether oxygens (including phenoxy) is 4. The number of carbonyl (C=O) groups excluding carboxylic acids is 2. The Morgan fingerprint density at radius 1 is 0.970 bits per heavy atom. The van der Waals surface area contributed by atoms with Crippen molar-refractivity contribution in [2.45, 2.75) is 51.7 Å². The van der Waals surface area contributed by atoms with Gasteiger partial charge in [-0.25, -0.2) is 9.59 Å². The summed E-state index contributed by atoms with van der Waals surface area (Å²) in [6, 6.07) is 7.46. The van der Waals surface area contributed by atoms with E-state index in [0.717, 1.165) is 30.2 Å². The van der Waals surface area contributed by atoms with Crippen LogP contribution in [0.2, 0.25) is 0 Å². The van der Waals surface area contributed by atoms with Crippen molar-refractivity contribution in [3.63, 3.8) is 0 Å². The first-order valence-electron chi connectivity index (χ1n) is 11.3. The van der Waals surface area contributed by atoms with E-state index in [1.165, 1.54) is 0 Å². The van der Waals surface area contributed by atoms with Crippen LogP contribution in [-0.2, 0) is 18.9 Å². The Hall–Kier alpha value is -2.29. The maximum absolute atomic E-state index is 13.3.